The number of hydrogen-bond acceptors (Lipinski definition) is 1. The van der Waals surface area contributed by atoms with Crippen molar-refractivity contribution >= 4 is 10.8 Å². The molecule has 0 aliphatic heterocycles. The Hall–Kier alpha value is -2.54. The van der Waals surface area contributed by atoms with Crippen LogP contribution in [0.15, 0.2) is 66.4 Å². The average molecular weight is 327 g/mol. The highest BCUT2D eigenvalue weighted by Crippen LogP contribution is 2.39. The zero-order valence-corrected chi connectivity index (χ0v) is 15.2. The fraction of sp³-hybridized carbons (Fsp3) is 0.250. The topological polar surface area (TPSA) is 26.0 Å². The van der Waals surface area contributed by atoms with Crippen molar-refractivity contribution in [2.75, 3.05) is 0 Å². The summed E-state index contributed by atoms with van der Waals surface area (Å²) < 4.78 is 0. The smallest absolute Gasteiger partial charge is 0.0207 e. The van der Waals surface area contributed by atoms with Crippen molar-refractivity contribution in [2.45, 2.75) is 39.0 Å². The SMILES string of the molecule is CC(C)c1cc(-c2cccc3ccccc23)cc2c1CC=C(N)C2C. The van der Waals surface area contributed by atoms with Gasteiger partial charge < -0.3 is 5.73 Å². The van der Waals surface area contributed by atoms with Gasteiger partial charge in [0.2, 0.25) is 0 Å². The maximum Gasteiger partial charge on any atom is 0.0207 e. The van der Waals surface area contributed by atoms with E-state index in [9.17, 15) is 0 Å². The van der Waals surface area contributed by atoms with E-state index < -0.39 is 0 Å². The molecule has 0 saturated heterocycles. The minimum absolute atomic E-state index is 0.288. The Morgan fingerprint density at radius 2 is 1.76 bits per heavy atom. The number of rotatable bonds is 2. The maximum atomic E-state index is 6.26. The molecular formula is C24H25N. The summed E-state index contributed by atoms with van der Waals surface area (Å²) in [5.41, 5.74) is 14.2. The fourth-order valence-electron chi connectivity index (χ4n) is 4.06. The highest BCUT2D eigenvalue weighted by Gasteiger charge is 2.22. The van der Waals surface area contributed by atoms with Crippen molar-refractivity contribution in [3.8, 4) is 11.1 Å². The third kappa shape index (κ3) is 2.64. The summed E-state index contributed by atoms with van der Waals surface area (Å²) >= 11 is 0. The van der Waals surface area contributed by atoms with Crippen molar-refractivity contribution in [3.05, 3.63) is 83.1 Å². The van der Waals surface area contributed by atoms with E-state index in [1.165, 1.54) is 38.6 Å². The third-order valence-corrected chi connectivity index (χ3v) is 5.55. The average Bonchev–Trinajstić information content (AvgIpc) is 2.63. The van der Waals surface area contributed by atoms with Gasteiger partial charge in [0.15, 0.2) is 0 Å². The number of benzene rings is 3. The number of allylic oxidation sites excluding steroid dienone is 2. The van der Waals surface area contributed by atoms with Crippen LogP contribution >= 0.6 is 0 Å². The van der Waals surface area contributed by atoms with Crippen molar-refractivity contribution in [1.29, 1.82) is 0 Å². The first kappa shape index (κ1) is 16.0. The highest BCUT2D eigenvalue weighted by atomic mass is 14.6. The molecule has 1 nitrogen and oxygen atoms in total. The predicted octanol–water partition coefficient (Wildman–Crippen LogP) is 6.13. The van der Waals surface area contributed by atoms with Gasteiger partial charge in [0.1, 0.15) is 0 Å². The molecule has 1 heteroatoms. The minimum Gasteiger partial charge on any atom is -0.402 e. The summed E-state index contributed by atoms with van der Waals surface area (Å²) in [5, 5.41) is 2.60. The Bertz CT molecular complexity index is 973. The van der Waals surface area contributed by atoms with Gasteiger partial charge in [-0.15, -0.1) is 0 Å². The molecule has 126 valence electrons. The maximum absolute atomic E-state index is 6.26. The lowest BCUT2D eigenvalue weighted by Gasteiger charge is -2.27. The van der Waals surface area contributed by atoms with Crippen LogP contribution in [0, 0.1) is 0 Å². The molecule has 2 N–H and O–H groups in total. The van der Waals surface area contributed by atoms with Crippen molar-refractivity contribution < 1.29 is 0 Å². The molecule has 3 aromatic carbocycles. The Balaban J connectivity index is 1.99. The highest BCUT2D eigenvalue weighted by molar-refractivity contribution is 5.97. The monoisotopic (exact) mass is 327 g/mol. The van der Waals surface area contributed by atoms with E-state index in [1.807, 2.05) is 0 Å². The molecule has 0 bridgehead atoms. The lowest BCUT2D eigenvalue weighted by Crippen LogP contribution is -2.16. The van der Waals surface area contributed by atoms with Gasteiger partial charge in [-0.3, -0.25) is 0 Å². The molecule has 3 aromatic rings. The Kier molecular flexibility index (Phi) is 3.88. The molecule has 1 aliphatic carbocycles. The lowest BCUT2D eigenvalue weighted by molar-refractivity contribution is 0.790. The molecule has 25 heavy (non-hydrogen) atoms. The fourth-order valence-corrected chi connectivity index (χ4v) is 4.06. The second-order valence-electron chi connectivity index (χ2n) is 7.44. The zero-order chi connectivity index (χ0) is 17.6. The molecule has 0 radical (unpaired) electrons. The van der Waals surface area contributed by atoms with Crippen LogP contribution in [0.25, 0.3) is 21.9 Å². The van der Waals surface area contributed by atoms with Crippen LogP contribution < -0.4 is 5.73 Å². The van der Waals surface area contributed by atoms with E-state index in [-0.39, 0.29) is 5.92 Å². The van der Waals surface area contributed by atoms with Gasteiger partial charge in [-0.1, -0.05) is 81.4 Å². The summed E-state index contributed by atoms with van der Waals surface area (Å²) in [6.45, 7) is 6.80. The van der Waals surface area contributed by atoms with E-state index in [4.69, 9.17) is 5.73 Å². The van der Waals surface area contributed by atoms with Gasteiger partial charge in [-0.25, -0.2) is 0 Å². The first-order valence-corrected chi connectivity index (χ1v) is 9.16. The largest absolute Gasteiger partial charge is 0.402 e. The molecule has 0 fully saturated rings. The van der Waals surface area contributed by atoms with Gasteiger partial charge in [0.25, 0.3) is 0 Å². The van der Waals surface area contributed by atoms with Gasteiger partial charge in [0, 0.05) is 11.6 Å². The van der Waals surface area contributed by atoms with Crippen molar-refractivity contribution in [2.24, 2.45) is 5.73 Å². The van der Waals surface area contributed by atoms with Gasteiger partial charge in [0.05, 0.1) is 0 Å². The summed E-state index contributed by atoms with van der Waals surface area (Å²) in [7, 11) is 0. The Morgan fingerprint density at radius 3 is 2.56 bits per heavy atom. The molecule has 0 heterocycles. The van der Waals surface area contributed by atoms with Crippen molar-refractivity contribution in [1.82, 2.24) is 0 Å². The molecule has 0 spiro atoms. The second-order valence-corrected chi connectivity index (χ2v) is 7.44. The zero-order valence-electron chi connectivity index (χ0n) is 15.2. The molecule has 4 rings (SSSR count). The Labute approximate surface area is 150 Å². The molecule has 0 saturated carbocycles. The van der Waals surface area contributed by atoms with Crippen LogP contribution in [0.2, 0.25) is 0 Å². The molecule has 1 unspecified atom stereocenters. The molecule has 0 aromatic heterocycles. The van der Waals surface area contributed by atoms with E-state index in [0.29, 0.717) is 5.92 Å². The van der Waals surface area contributed by atoms with Crippen LogP contribution in [0.1, 0.15) is 49.3 Å². The molecule has 1 aliphatic rings. The summed E-state index contributed by atoms with van der Waals surface area (Å²) in [4.78, 5) is 0. The first-order valence-electron chi connectivity index (χ1n) is 9.16. The molecule has 0 amide bonds. The van der Waals surface area contributed by atoms with Crippen LogP contribution in [0.3, 0.4) is 0 Å². The van der Waals surface area contributed by atoms with Gasteiger partial charge in [-0.2, -0.15) is 0 Å². The minimum atomic E-state index is 0.288. The predicted molar refractivity (Wildman–Crippen MR) is 108 cm³/mol. The van der Waals surface area contributed by atoms with Crippen LogP contribution in [0.4, 0.5) is 0 Å². The summed E-state index contributed by atoms with van der Waals surface area (Å²) in [5.74, 6) is 0.791. The van der Waals surface area contributed by atoms with E-state index in [2.05, 4.69) is 81.4 Å². The third-order valence-electron chi connectivity index (χ3n) is 5.55. The number of hydrogen-bond donors (Lipinski definition) is 1. The van der Waals surface area contributed by atoms with Gasteiger partial charge >= 0.3 is 0 Å². The number of fused-ring (bicyclic) bond motifs is 2. The standard InChI is InChI=1S/C24H25N/c1-15(2)22-13-18(14-23-16(3)24(25)12-11-21(22)23)20-10-6-8-17-7-4-5-9-19(17)20/h4-10,12-16H,11,25H2,1-3H3. The van der Waals surface area contributed by atoms with E-state index in [0.717, 1.165) is 12.1 Å². The van der Waals surface area contributed by atoms with Crippen LogP contribution in [-0.2, 0) is 6.42 Å². The summed E-state index contributed by atoms with van der Waals surface area (Å²) in [6, 6.07) is 20.0. The van der Waals surface area contributed by atoms with Crippen LogP contribution in [-0.4, -0.2) is 0 Å². The lowest BCUT2D eigenvalue weighted by atomic mass is 9.79. The quantitative estimate of drug-likeness (QED) is 0.602. The van der Waals surface area contributed by atoms with Crippen molar-refractivity contribution in [3.63, 3.8) is 0 Å². The van der Waals surface area contributed by atoms with Crippen LogP contribution in [0.5, 0.6) is 0 Å². The normalized spacial score (nSPS) is 16.8. The van der Waals surface area contributed by atoms with Gasteiger partial charge in [-0.05, 0) is 50.9 Å². The van der Waals surface area contributed by atoms with E-state index >= 15 is 0 Å². The van der Waals surface area contributed by atoms with E-state index in [1.54, 1.807) is 0 Å². The second kappa shape index (κ2) is 6.07. The molecule has 1 atom stereocenters. The first-order chi connectivity index (χ1) is 12.1. The number of nitrogens with two attached hydrogens (primary N) is 1. The molecular weight excluding hydrogens is 302 g/mol. The Morgan fingerprint density at radius 1 is 1.00 bits per heavy atom. The summed E-state index contributed by atoms with van der Waals surface area (Å²) in [6.07, 6.45) is 3.14.